The lowest BCUT2D eigenvalue weighted by atomic mass is 9.78. The number of halogens is 1. The Morgan fingerprint density at radius 3 is 2.68 bits per heavy atom. The highest BCUT2D eigenvalue weighted by Crippen LogP contribution is 2.49. The predicted molar refractivity (Wildman–Crippen MR) is 167 cm³/mol. The number of fused-ring (bicyclic) bond motifs is 1. The number of hydrogen-bond donors (Lipinski definition) is 0. The number of hydrogen-bond acceptors (Lipinski definition) is 8. The molecule has 8 rings (SSSR count). The van der Waals surface area contributed by atoms with Crippen molar-refractivity contribution in [2.45, 2.75) is 38.5 Å². The summed E-state index contributed by atoms with van der Waals surface area (Å²) in [6.45, 7) is 6.90. The number of carbonyl (C=O) groups excluding carboxylic acids is 1. The molecule has 44 heavy (non-hydrogen) atoms. The molecule has 226 valence electrons. The molecule has 1 aliphatic carbocycles. The Hall–Kier alpha value is -4.01. The number of carbonyl (C=O) groups is 1. The van der Waals surface area contributed by atoms with Gasteiger partial charge in [0.25, 0.3) is 0 Å². The van der Waals surface area contributed by atoms with E-state index in [1.165, 1.54) is 29.2 Å². The van der Waals surface area contributed by atoms with E-state index >= 15 is 0 Å². The zero-order chi connectivity index (χ0) is 30.2. The van der Waals surface area contributed by atoms with Crippen molar-refractivity contribution in [1.29, 1.82) is 5.26 Å². The van der Waals surface area contributed by atoms with Crippen LogP contribution in [0, 0.1) is 35.4 Å². The molecule has 0 radical (unpaired) electrons. The fourth-order valence-electron chi connectivity index (χ4n) is 7.20. The Balaban J connectivity index is 1.10. The van der Waals surface area contributed by atoms with Gasteiger partial charge in [0.15, 0.2) is 5.13 Å². The van der Waals surface area contributed by atoms with Crippen LogP contribution in [-0.2, 0) is 9.53 Å². The van der Waals surface area contributed by atoms with Gasteiger partial charge >= 0.3 is 0 Å². The molecule has 6 heterocycles. The molecule has 0 unspecified atom stereocenters. The van der Waals surface area contributed by atoms with Crippen LogP contribution < -0.4 is 9.80 Å². The molecule has 3 aromatic heterocycles. The standard InChI is InChI=1S/C33H34FN7O2S/c1-20-13-25(39-11-10-33(17-39)18-40(19-33)31(42)23-9-12-43-16-23)14-26-30(29(22-3-4-22)37-41(20)26)38(2)32-36-28(27(15-35)44-32)21-5-7-24(34)8-6-21/h5-8,13-14,22-23H,3-4,9-12,16-19H2,1-2H3/t23-/m0/s1. The number of amides is 1. The van der Waals surface area contributed by atoms with Crippen LogP contribution in [0.4, 0.5) is 20.9 Å². The maximum atomic E-state index is 13.6. The van der Waals surface area contributed by atoms with E-state index in [0.29, 0.717) is 34.8 Å². The van der Waals surface area contributed by atoms with Gasteiger partial charge in [-0.2, -0.15) is 10.4 Å². The van der Waals surface area contributed by atoms with Crippen LogP contribution in [0.2, 0.25) is 0 Å². The summed E-state index contributed by atoms with van der Waals surface area (Å²) in [5.41, 5.74) is 6.78. The van der Waals surface area contributed by atoms with E-state index in [4.69, 9.17) is 14.8 Å². The van der Waals surface area contributed by atoms with Crippen molar-refractivity contribution in [2.24, 2.45) is 11.3 Å². The third kappa shape index (κ3) is 4.54. The third-order valence-electron chi connectivity index (χ3n) is 9.76. The lowest BCUT2D eigenvalue weighted by molar-refractivity contribution is -0.146. The molecule has 1 amide bonds. The molecule has 4 aromatic rings. The molecule has 4 aliphatic rings. The SMILES string of the molecule is Cc1cc(N2CCC3(CN(C(=O)[C@H]4CCOC4)C3)C2)cc2c(N(C)c3nc(-c4ccc(F)cc4)c(C#N)s3)c(C3CC3)nn12. The van der Waals surface area contributed by atoms with Gasteiger partial charge in [-0.1, -0.05) is 11.3 Å². The van der Waals surface area contributed by atoms with E-state index in [1.54, 1.807) is 12.1 Å². The number of likely N-dealkylation sites (tertiary alicyclic amines) is 1. The van der Waals surface area contributed by atoms with Crippen LogP contribution in [0.3, 0.4) is 0 Å². The number of aryl methyl sites for hydroxylation is 1. The molecular weight excluding hydrogens is 577 g/mol. The topological polar surface area (TPSA) is 90.0 Å². The second-order valence-electron chi connectivity index (χ2n) is 12.9. The van der Waals surface area contributed by atoms with Gasteiger partial charge in [0.1, 0.15) is 22.5 Å². The molecule has 11 heteroatoms. The van der Waals surface area contributed by atoms with Crippen LogP contribution >= 0.6 is 11.3 Å². The average molecular weight is 612 g/mol. The molecule has 3 saturated heterocycles. The first-order valence-corrected chi connectivity index (χ1v) is 16.2. The van der Waals surface area contributed by atoms with Gasteiger partial charge in [-0.05, 0) is 69.0 Å². The minimum Gasteiger partial charge on any atom is -0.381 e. The number of aromatic nitrogens is 3. The fourth-order valence-corrected chi connectivity index (χ4v) is 8.05. The second kappa shape index (κ2) is 10.3. The Kier molecular flexibility index (Phi) is 6.43. The lowest BCUT2D eigenvalue weighted by Crippen LogP contribution is -2.60. The van der Waals surface area contributed by atoms with E-state index in [2.05, 4.69) is 34.9 Å². The molecule has 3 aliphatic heterocycles. The van der Waals surface area contributed by atoms with E-state index in [0.717, 1.165) is 80.0 Å². The maximum Gasteiger partial charge on any atom is 0.228 e. The molecule has 0 bridgehead atoms. The first-order valence-electron chi connectivity index (χ1n) is 15.4. The van der Waals surface area contributed by atoms with E-state index in [-0.39, 0.29) is 23.1 Å². The van der Waals surface area contributed by atoms with Gasteiger partial charge in [0, 0.05) is 68.1 Å². The summed E-state index contributed by atoms with van der Waals surface area (Å²) in [7, 11) is 2.00. The van der Waals surface area contributed by atoms with Gasteiger partial charge < -0.3 is 19.4 Å². The van der Waals surface area contributed by atoms with Gasteiger partial charge in [0.05, 0.1) is 29.4 Å². The smallest absolute Gasteiger partial charge is 0.228 e. The van der Waals surface area contributed by atoms with Crippen molar-refractivity contribution in [2.75, 3.05) is 56.2 Å². The summed E-state index contributed by atoms with van der Waals surface area (Å²) in [6, 6.07) is 12.9. The van der Waals surface area contributed by atoms with E-state index in [1.807, 2.05) is 16.5 Å². The largest absolute Gasteiger partial charge is 0.381 e. The highest BCUT2D eigenvalue weighted by atomic mass is 32.1. The van der Waals surface area contributed by atoms with Gasteiger partial charge in [-0.3, -0.25) is 4.79 Å². The quantitative estimate of drug-likeness (QED) is 0.285. The summed E-state index contributed by atoms with van der Waals surface area (Å²) in [4.78, 5) is 24.9. The molecular formula is C33H34FN7O2S. The Labute approximate surface area is 259 Å². The predicted octanol–water partition coefficient (Wildman–Crippen LogP) is 5.50. The first kappa shape index (κ1) is 27.5. The number of rotatable bonds is 6. The van der Waals surface area contributed by atoms with Gasteiger partial charge in [0.2, 0.25) is 5.91 Å². The highest BCUT2D eigenvalue weighted by molar-refractivity contribution is 7.16. The maximum absolute atomic E-state index is 13.6. The Bertz CT molecular complexity index is 1810. The van der Waals surface area contributed by atoms with Gasteiger partial charge in [-0.25, -0.2) is 13.9 Å². The highest BCUT2D eigenvalue weighted by Gasteiger charge is 2.50. The zero-order valence-electron chi connectivity index (χ0n) is 24.9. The summed E-state index contributed by atoms with van der Waals surface area (Å²) in [6.07, 6.45) is 4.13. The number of ether oxygens (including phenoxy) is 1. The number of nitriles is 1. The Morgan fingerprint density at radius 1 is 1.18 bits per heavy atom. The molecule has 4 fully saturated rings. The van der Waals surface area contributed by atoms with Crippen LogP contribution in [0.25, 0.3) is 16.8 Å². The van der Waals surface area contributed by atoms with Crippen LogP contribution in [0.5, 0.6) is 0 Å². The van der Waals surface area contributed by atoms with Crippen molar-refractivity contribution in [3.05, 3.63) is 58.5 Å². The molecule has 1 aromatic carbocycles. The van der Waals surface area contributed by atoms with Crippen molar-refractivity contribution in [3.8, 4) is 17.3 Å². The summed E-state index contributed by atoms with van der Waals surface area (Å²) >= 11 is 1.34. The zero-order valence-corrected chi connectivity index (χ0v) is 25.7. The summed E-state index contributed by atoms with van der Waals surface area (Å²) in [5.74, 6) is 0.369. The molecule has 1 saturated carbocycles. The number of pyridine rings is 1. The molecule has 0 N–H and O–H groups in total. The van der Waals surface area contributed by atoms with E-state index in [9.17, 15) is 14.4 Å². The summed E-state index contributed by atoms with van der Waals surface area (Å²) < 4.78 is 21.1. The second-order valence-corrected chi connectivity index (χ2v) is 13.9. The minimum absolute atomic E-state index is 0.0293. The van der Waals surface area contributed by atoms with Crippen molar-refractivity contribution >= 4 is 39.3 Å². The number of benzene rings is 1. The third-order valence-corrected chi connectivity index (χ3v) is 10.8. The number of nitrogens with zero attached hydrogens (tertiary/aromatic N) is 7. The monoisotopic (exact) mass is 611 g/mol. The molecule has 9 nitrogen and oxygen atoms in total. The number of anilines is 3. The van der Waals surface area contributed by atoms with Crippen LogP contribution in [-0.4, -0.2) is 71.8 Å². The normalized spacial score (nSPS) is 20.8. The minimum atomic E-state index is -0.322. The van der Waals surface area contributed by atoms with Crippen LogP contribution in [0.1, 0.15) is 47.9 Å². The van der Waals surface area contributed by atoms with Crippen molar-refractivity contribution in [3.63, 3.8) is 0 Å². The lowest BCUT2D eigenvalue weighted by Gasteiger charge is -2.48. The Morgan fingerprint density at radius 2 is 1.98 bits per heavy atom. The summed E-state index contributed by atoms with van der Waals surface area (Å²) in [5, 5.41) is 15.7. The number of thiazole rings is 1. The first-order chi connectivity index (χ1) is 21.3. The molecule has 1 atom stereocenters. The fraction of sp³-hybridized carbons (Fsp3) is 0.455. The van der Waals surface area contributed by atoms with Gasteiger partial charge in [-0.15, -0.1) is 0 Å². The van der Waals surface area contributed by atoms with Crippen molar-refractivity contribution < 1.29 is 13.9 Å². The van der Waals surface area contributed by atoms with E-state index < -0.39 is 0 Å². The van der Waals surface area contributed by atoms with Crippen LogP contribution in [0.15, 0.2) is 36.4 Å². The molecule has 1 spiro atoms. The average Bonchev–Trinajstić information content (AvgIpc) is 3.42. The van der Waals surface area contributed by atoms with Crippen molar-refractivity contribution in [1.82, 2.24) is 19.5 Å².